The van der Waals surface area contributed by atoms with Crippen LogP contribution in [0, 0.1) is 34.6 Å². The van der Waals surface area contributed by atoms with Crippen molar-refractivity contribution in [3.63, 3.8) is 0 Å². The van der Waals surface area contributed by atoms with Crippen LogP contribution in [-0.4, -0.2) is 13.8 Å². The van der Waals surface area contributed by atoms with E-state index in [1.165, 1.54) is 33.5 Å². The molecule has 0 unspecified atom stereocenters. The van der Waals surface area contributed by atoms with Gasteiger partial charge in [0.15, 0.2) is 0 Å². The van der Waals surface area contributed by atoms with Crippen LogP contribution in [0.25, 0.3) is 0 Å². The normalized spacial score (nSPS) is 10.8. The van der Waals surface area contributed by atoms with Gasteiger partial charge in [-0.1, -0.05) is 18.2 Å². The van der Waals surface area contributed by atoms with Crippen molar-refractivity contribution in [1.29, 1.82) is 0 Å². The van der Waals surface area contributed by atoms with Crippen LogP contribution >= 0.6 is 0 Å². The summed E-state index contributed by atoms with van der Waals surface area (Å²) < 4.78 is 5.46. The number of anilines is 2. The zero-order valence-corrected chi connectivity index (χ0v) is 13.9. The quantitative estimate of drug-likeness (QED) is 0.734. The Morgan fingerprint density at radius 2 is 1.24 bits per heavy atom. The van der Waals surface area contributed by atoms with Crippen LogP contribution in [0.3, 0.4) is 0 Å². The monoisotopic (exact) mass is 283 g/mol. The summed E-state index contributed by atoms with van der Waals surface area (Å²) in [6, 6.07) is 10.4. The molecule has 0 spiro atoms. The summed E-state index contributed by atoms with van der Waals surface area (Å²) in [6.45, 7) is 11.6. The average molecular weight is 283 g/mol. The molecular weight excluding hydrogens is 258 g/mol. The molecule has 2 heteroatoms. The van der Waals surface area contributed by atoms with E-state index in [4.69, 9.17) is 4.74 Å². The molecule has 0 saturated heterocycles. The minimum atomic E-state index is 0.549. The highest BCUT2D eigenvalue weighted by Gasteiger charge is 2.18. The van der Waals surface area contributed by atoms with Gasteiger partial charge in [0.25, 0.3) is 0 Å². The molecule has 2 nitrogen and oxygen atoms in total. The van der Waals surface area contributed by atoms with Gasteiger partial charge in [-0.3, -0.25) is 0 Å². The summed E-state index contributed by atoms with van der Waals surface area (Å²) in [5.74, 6) is 0. The number of para-hydroxylation sites is 1. The van der Waals surface area contributed by atoms with Crippen molar-refractivity contribution in [2.75, 3.05) is 18.7 Å². The smallest absolute Gasteiger partial charge is 0.123 e. The fourth-order valence-corrected chi connectivity index (χ4v) is 2.89. The molecule has 0 aliphatic heterocycles. The van der Waals surface area contributed by atoms with Gasteiger partial charge >= 0.3 is 0 Å². The van der Waals surface area contributed by atoms with E-state index in [1.54, 1.807) is 7.11 Å². The summed E-state index contributed by atoms with van der Waals surface area (Å²) in [5, 5.41) is 0. The maximum atomic E-state index is 5.46. The second-order valence-electron chi connectivity index (χ2n) is 5.65. The lowest BCUT2D eigenvalue weighted by Gasteiger charge is -2.30. The lowest BCUT2D eigenvalue weighted by Crippen LogP contribution is -2.22. The van der Waals surface area contributed by atoms with E-state index in [2.05, 4.69) is 63.8 Å². The van der Waals surface area contributed by atoms with E-state index >= 15 is 0 Å². The average Bonchev–Trinajstić information content (AvgIpc) is 2.51. The van der Waals surface area contributed by atoms with Crippen molar-refractivity contribution in [2.24, 2.45) is 0 Å². The van der Waals surface area contributed by atoms with Crippen LogP contribution < -0.4 is 4.90 Å². The van der Waals surface area contributed by atoms with Crippen molar-refractivity contribution in [3.8, 4) is 0 Å². The molecule has 0 radical (unpaired) electrons. The minimum absolute atomic E-state index is 0.549. The number of benzene rings is 2. The molecule has 2 aromatic rings. The molecule has 0 bridgehead atoms. The largest absolute Gasteiger partial charge is 0.364 e. The highest BCUT2D eigenvalue weighted by atomic mass is 16.5. The van der Waals surface area contributed by atoms with Crippen LogP contribution in [0.1, 0.15) is 27.8 Å². The molecule has 0 aliphatic carbocycles. The SMILES string of the molecule is COCN(c1ccccc1)c1c(C)c(C)c(C)c(C)c1C. The third kappa shape index (κ3) is 2.81. The lowest BCUT2D eigenvalue weighted by atomic mass is 9.92. The third-order valence-corrected chi connectivity index (χ3v) is 4.56. The Hall–Kier alpha value is -1.80. The fraction of sp³-hybridized carbons (Fsp3) is 0.368. The molecule has 2 aromatic carbocycles. The van der Waals surface area contributed by atoms with Crippen LogP contribution in [-0.2, 0) is 4.74 Å². The summed E-state index contributed by atoms with van der Waals surface area (Å²) in [5.41, 5.74) is 9.21. The maximum Gasteiger partial charge on any atom is 0.123 e. The molecule has 0 atom stereocenters. The van der Waals surface area contributed by atoms with Gasteiger partial charge in [-0.2, -0.15) is 0 Å². The molecule has 0 aromatic heterocycles. The van der Waals surface area contributed by atoms with Crippen molar-refractivity contribution < 1.29 is 4.74 Å². The predicted octanol–water partition coefficient (Wildman–Crippen LogP) is 4.97. The van der Waals surface area contributed by atoms with E-state index in [-0.39, 0.29) is 0 Å². The standard InChI is InChI=1S/C19H25NO/c1-13-14(2)16(4)19(17(5)15(13)3)20(12-21-6)18-10-8-7-9-11-18/h7-11H,12H2,1-6H3. The van der Waals surface area contributed by atoms with Crippen LogP contribution in [0.2, 0.25) is 0 Å². The highest BCUT2D eigenvalue weighted by molar-refractivity contribution is 5.73. The zero-order valence-electron chi connectivity index (χ0n) is 13.9. The molecule has 21 heavy (non-hydrogen) atoms. The number of ether oxygens (including phenoxy) is 1. The molecule has 0 fully saturated rings. The van der Waals surface area contributed by atoms with Gasteiger partial charge in [0.1, 0.15) is 6.73 Å². The topological polar surface area (TPSA) is 12.5 Å². The van der Waals surface area contributed by atoms with Gasteiger partial charge in [-0.15, -0.1) is 0 Å². The Bertz CT molecular complexity index is 603. The predicted molar refractivity (Wildman–Crippen MR) is 90.6 cm³/mol. The first-order valence-electron chi connectivity index (χ1n) is 7.37. The first-order valence-corrected chi connectivity index (χ1v) is 7.37. The molecule has 2 rings (SSSR count). The molecule has 0 saturated carbocycles. The molecule has 112 valence electrons. The van der Waals surface area contributed by atoms with Crippen LogP contribution in [0.5, 0.6) is 0 Å². The van der Waals surface area contributed by atoms with Crippen molar-refractivity contribution in [1.82, 2.24) is 0 Å². The molecule has 0 amide bonds. The Morgan fingerprint density at radius 1 is 0.762 bits per heavy atom. The van der Waals surface area contributed by atoms with Gasteiger partial charge in [-0.05, 0) is 74.6 Å². The highest BCUT2D eigenvalue weighted by Crippen LogP contribution is 2.36. The molecule has 0 N–H and O–H groups in total. The zero-order chi connectivity index (χ0) is 15.6. The Morgan fingerprint density at radius 3 is 1.71 bits per heavy atom. The van der Waals surface area contributed by atoms with Gasteiger partial charge in [-0.25, -0.2) is 0 Å². The van der Waals surface area contributed by atoms with Gasteiger partial charge < -0.3 is 9.64 Å². The first kappa shape index (κ1) is 15.6. The van der Waals surface area contributed by atoms with E-state index in [0.717, 1.165) is 5.69 Å². The lowest BCUT2D eigenvalue weighted by molar-refractivity contribution is 0.206. The van der Waals surface area contributed by atoms with E-state index in [0.29, 0.717) is 6.73 Å². The van der Waals surface area contributed by atoms with E-state index < -0.39 is 0 Å². The summed E-state index contributed by atoms with van der Waals surface area (Å²) in [4.78, 5) is 2.25. The Balaban J connectivity index is 2.67. The van der Waals surface area contributed by atoms with Gasteiger partial charge in [0.2, 0.25) is 0 Å². The second-order valence-corrected chi connectivity index (χ2v) is 5.65. The van der Waals surface area contributed by atoms with Crippen LogP contribution in [0.4, 0.5) is 11.4 Å². The first-order chi connectivity index (χ1) is 9.99. The Labute approximate surface area is 128 Å². The van der Waals surface area contributed by atoms with Crippen molar-refractivity contribution in [3.05, 3.63) is 58.1 Å². The Kier molecular flexibility index (Phi) is 4.69. The van der Waals surface area contributed by atoms with E-state index in [1.807, 2.05) is 6.07 Å². The number of hydrogen-bond donors (Lipinski definition) is 0. The summed E-state index contributed by atoms with van der Waals surface area (Å²) in [6.07, 6.45) is 0. The maximum absolute atomic E-state index is 5.46. The van der Waals surface area contributed by atoms with Gasteiger partial charge in [0.05, 0.1) is 0 Å². The summed E-state index contributed by atoms with van der Waals surface area (Å²) >= 11 is 0. The number of nitrogens with zero attached hydrogens (tertiary/aromatic N) is 1. The molecular formula is C19H25NO. The number of methoxy groups -OCH3 is 1. The number of rotatable bonds is 4. The molecule has 0 heterocycles. The third-order valence-electron chi connectivity index (χ3n) is 4.56. The fourth-order valence-electron chi connectivity index (χ4n) is 2.89. The van der Waals surface area contributed by atoms with Crippen LogP contribution in [0.15, 0.2) is 30.3 Å². The van der Waals surface area contributed by atoms with Gasteiger partial charge in [0, 0.05) is 18.5 Å². The summed E-state index contributed by atoms with van der Waals surface area (Å²) in [7, 11) is 1.74. The van der Waals surface area contributed by atoms with Crippen molar-refractivity contribution in [2.45, 2.75) is 34.6 Å². The minimum Gasteiger partial charge on any atom is -0.364 e. The second kappa shape index (κ2) is 6.31. The molecule has 0 aliphatic rings. The van der Waals surface area contributed by atoms with E-state index in [9.17, 15) is 0 Å². The van der Waals surface area contributed by atoms with Crippen molar-refractivity contribution >= 4 is 11.4 Å². The number of hydrogen-bond acceptors (Lipinski definition) is 2.